The minimum atomic E-state index is -0.194. The highest BCUT2D eigenvalue weighted by Crippen LogP contribution is 2.32. The Morgan fingerprint density at radius 2 is 2.12 bits per heavy atom. The molecule has 26 heavy (non-hydrogen) atoms. The van der Waals surface area contributed by atoms with Gasteiger partial charge in [-0.25, -0.2) is 4.39 Å². The Labute approximate surface area is 153 Å². The molecule has 2 aliphatic rings. The van der Waals surface area contributed by atoms with Crippen LogP contribution in [0.15, 0.2) is 18.2 Å². The maximum absolute atomic E-state index is 13.6. The van der Waals surface area contributed by atoms with Crippen molar-refractivity contribution in [2.45, 2.75) is 38.3 Å². The van der Waals surface area contributed by atoms with Gasteiger partial charge in [-0.1, -0.05) is 0 Å². The summed E-state index contributed by atoms with van der Waals surface area (Å²) >= 11 is 0. The van der Waals surface area contributed by atoms with Gasteiger partial charge in [0, 0.05) is 61.3 Å². The third-order valence-corrected chi connectivity index (χ3v) is 6.31. The zero-order chi connectivity index (χ0) is 18.3. The molecule has 1 aromatic carbocycles. The van der Waals surface area contributed by atoms with E-state index in [4.69, 9.17) is 0 Å². The number of nitrogens with zero attached hydrogens (tertiary/aromatic N) is 2. The number of aryl methyl sites for hydroxylation is 1. The van der Waals surface area contributed by atoms with E-state index >= 15 is 0 Å². The summed E-state index contributed by atoms with van der Waals surface area (Å²) in [4.78, 5) is 20.2. The van der Waals surface area contributed by atoms with Crippen molar-refractivity contribution in [1.82, 2.24) is 20.1 Å². The van der Waals surface area contributed by atoms with Crippen molar-refractivity contribution in [2.24, 2.45) is 0 Å². The van der Waals surface area contributed by atoms with Crippen LogP contribution in [0.2, 0.25) is 0 Å². The lowest BCUT2D eigenvalue weighted by molar-refractivity contribution is -0.121. The Morgan fingerprint density at radius 3 is 2.96 bits per heavy atom. The lowest BCUT2D eigenvalue weighted by Crippen LogP contribution is -2.60. The first-order valence-corrected chi connectivity index (χ1v) is 9.44. The van der Waals surface area contributed by atoms with Crippen molar-refractivity contribution in [1.29, 1.82) is 0 Å². The second-order valence-corrected chi connectivity index (χ2v) is 7.87. The van der Waals surface area contributed by atoms with E-state index in [9.17, 15) is 9.18 Å². The van der Waals surface area contributed by atoms with Gasteiger partial charge in [0.1, 0.15) is 5.82 Å². The molecular formula is C20H27FN4O. The van der Waals surface area contributed by atoms with Gasteiger partial charge in [0.15, 0.2) is 0 Å². The molecule has 5 nitrogen and oxygen atoms in total. The van der Waals surface area contributed by atoms with E-state index in [1.807, 2.05) is 6.07 Å². The quantitative estimate of drug-likeness (QED) is 0.867. The summed E-state index contributed by atoms with van der Waals surface area (Å²) in [5.41, 5.74) is 3.34. The van der Waals surface area contributed by atoms with Crippen LogP contribution in [0.3, 0.4) is 0 Å². The largest absolute Gasteiger partial charge is 0.357 e. The van der Waals surface area contributed by atoms with Crippen molar-refractivity contribution in [3.8, 4) is 0 Å². The summed E-state index contributed by atoms with van der Waals surface area (Å²) in [5, 5.41) is 3.97. The van der Waals surface area contributed by atoms with E-state index in [2.05, 4.69) is 34.1 Å². The van der Waals surface area contributed by atoms with Gasteiger partial charge in [0.25, 0.3) is 0 Å². The Kier molecular flexibility index (Phi) is 4.49. The van der Waals surface area contributed by atoms with Gasteiger partial charge in [0.05, 0.1) is 0 Å². The predicted molar refractivity (Wildman–Crippen MR) is 100 cm³/mol. The smallest absolute Gasteiger partial charge is 0.220 e. The first-order chi connectivity index (χ1) is 12.5. The number of fused-ring (bicyclic) bond motifs is 1. The minimum Gasteiger partial charge on any atom is -0.357 e. The molecule has 2 aliphatic heterocycles. The molecule has 0 bridgehead atoms. The molecule has 1 amide bonds. The number of hydrogen-bond acceptors (Lipinski definition) is 3. The zero-order valence-electron chi connectivity index (χ0n) is 15.6. The predicted octanol–water partition coefficient (Wildman–Crippen LogP) is 2.40. The average molecular weight is 358 g/mol. The summed E-state index contributed by atoms with van der Waals surface area (Å²) in [7, 11) is 2.18. The molecule has 1 spiro atoms. The van der Waals surface area contributed by atoms with E-state index in [1.54, 1.807) is 6.07 Å². The first-order valence-electron chi connectivity index (χ1n) is 9.44. The molecule has 0 aliphatic carbocycles. The topological polar surface area (TPSA) is 51.4 Å². The third kappa shape index (κ3) is 3.12. The number of piperazine rings is 1. The van der Waals surface area contributed by atoms with Crippen LogP contribution in [0.5, 0.6) is 0 Å². The second kappa shape index (κ2) is 6.67. The molecular weight excluding hydrogens is 331 g/mol. The minimum absolute atomic E-state index is 0.0590. The van der Waals surface area contributed by atoms with Gasteiger partial charge >= 0.3 is 0 Å². The van der Waals surface area contributed by atoms with Crippen LogP contribution in [-0.2, 0) is 11.3 Å². The molecule has 2 N–H and O–H groups in total. The Balaban J connectivity index is 1.55. The number of H-pyrrole nitrogens is 1. The number of halogens is 1. The van der Waals surface area contributed by atoms with Gasteiger partial charge in [-0.15, -0.1) is 0 Å². The van der Waals surface area contributed by atoms with Crippen molar-refractivity contribution in [3.05, 3.63) is 35.3 Å². The number of hydrogen-bond donors (Lipinski definition) is 2. The summed E-state index contributed by atoms with van der Waals surface area (Å²) in [6, 6.07) is 4.93. The monoisotopic (exact) mass is 358 g/mol. The van der Waals surface area contributed by atoms with Crippen LogP contribution in [0.1, 0.15) is 30.5 Å². The molecule has 2 aromatic rings. The summed E-state index contributed by atoms with van der Waals surface area (Å²) in [6.45, 7) is 6.61. The van der Waals surface area contributed by atoms with Crippen molar-refractivity contribution >= 4 is 16.8 Å². The Bertz CT molecular complexity index is 833. The van der Waals surface area contributed by atoms with Gasteiger partial charge in [-0.3, -0.25) is 14.6 Å². The average Bonchev–Trinajstić information content (AvgIpc) is 2.79. The van der Waals surface area contributed by atoms with E-state index in [-0.39, 0.29) is 17.3 Å². The number of carbonyl (C=O) groups is 1. The summed E-state index contributed by atoms with van der Waals surface area (Å²) < 4.78 is 13.6. The molecule has 0 radical (unpaired) electrons. The molecule has 1 atom stereocenters. The van der Waals surface area contributed by atoms with E-state index in [0.29, 0.717) is 6.42 Å². The molecule has 1 aromatic heterocycles. The van der Waals surface area contributed by atoms with Gasteiger partial charge in [-0.2, -0.15) is 0 Å². The Hall–Kier alpha value is -1.92. The number of rotatable bonds is 2. The van der Waals surface area contributed by atoms with Crippen molar-refractivity contribution in [2.75, 3.05) is 33.2 Å². The summed E-state index contributed by atoms with van der Waals surface area (Å²) in [6.07, 6.45) is 2.49. The van der Waals surface area contributed by atoms with E-state index in [1.165, 1.54) is 6.07 Å². The number of likely N-dealkylation sites (N-methyl/N-ethyl adjacent to an activating group) is 1. The molecule has 0 saturated carbocycles. The van der Waals surface area contributed by atoms with Crippen LogP contribution >= 0.6 is 0 Å². The maximum atomic E-state index is 13.6. The number of aromatic nitrogens is 1. The second-order valence-electron chi connectivity index (χ2n) is 7.87. The van der Waals surface area contributed by atoms with Crippen LogP contribution in [0, 0.1) is 12.7 Å². The number of benzene rings is 1. The van der Waals surface area contributed by atoms with Crippen LogP contribution < -0.4 is 5.32 Å². The number of aromatic amines is 1. The number of carbonyl (C=O) groups excluding carboxylic acids is 1. The number of amides is 1. The van der Waals surface area contributed by atoms with Crippen molar-refractivity contribution < 1.29 is 9.18 Å². The lowest BCUT2D eigenvalue weighted by Gasteiger charge is -2.49. The molecule has 140 valence electrons. The third-order valence-electron chi connectivity index (χ3n) is 6.31. The molecule has 2 saturated heterocycles. The fourth-order valence-electron chi connectivity index (χ4n) is 4.55. The fourth-order valence-corrected chi connectivity index (χ4v) is 4.55. The normalized spacial score (nSPS) is 25.6. The highest BCUT2D eigenvalue weighted by molar-refractivity contribution is 5.84. The zero-order valence-corrected chi connectivity index (χ0v) is 15.6. The molecule has 1 unspecified atom stereocenters. The summed E-state index contributed by atoms with van der Waals surface area (Å²) in [5.74, 6) is -0.0267. The van der Waals surface area contributed by atoms with Crippen LogP contribution in [0.4, 0.5) is 4.39 Å². The van der Waals surface area contributed by atoms with Gasteiger partial charge < -0.3 is 10.3 Å². The molecule has 6 heteroatoms. The van der Waals surface area contributed by atoms with E-state index in [0.717, 1.165) is 67.7 Å². The fraction of sp³-hybridized carbons (Fsp3) is 0.550. The van der Waals surface area contributed by atoms with Gasteiger partial charge in [-0.05, 0) is 50.6 Å². The molecule has 2 fully saturated rings. The standard InChI is InChI=1S/C20H27FN4O/c1-14-16-11-15(21)3-4-17(16)23-18(14)12-25-10-9-24(2)20(13-25)6-5-19(26)22-8-7-20/h3-4,11,23H,5-10,12-13H2,1-2H3,(H,22,26). The molecule has 3 heterocycles. The molecule has 4 rings (SSSR count). The lowest BCUT2D eigenvalue weighted by atomic mass is 9.86. The maximum Gasteiger partial charge on any atom is 0.220 e. The van der Waals surface area contributed by atoms with Crippen LogP contribution in [0.25, 0.3) is 10.9 Å². The highest BCUT2D eigenvalue weighted by Gasteiger charge is 2.40. The van der Waals surface area contributed by atoms with E-state index < -0.39 is 0 Å². The van der Waals surface area contributed by atoms with Crippen molar-refractivity contribution in [3.63, 3.8) is 0 Å². The number of nitrogens with one attached hydrogen (secondary N) is 2. The Morgan fingerprint density at radius 1 is 1.27 bits per heavy atom. The SMILES string of the molecule is Cc1c(CN2CCN(C)C3(CCNC(=O)CC3)C2)[nH]c2ccc(F)cc12. The highest BCUT2D eigenvalue weighted by atomic mass is 19.1. The first kappa shape index (κ1) is 17.5. The van der Waals surface area contributed by atoms with Gasteiger partial charge in [0.2, 0.25) is 5.91 Å². The van der Waals surface area contributed by atoms with Crippen LogP contribution in [-0.4, -0.2) is 59.5 Å².